The number of hydrogen-bond acceptors (Lipinski definition) is 5. The van der Waals surface area contributed by atoms with Crippen LogP contribution in [0.2, 0.25) is 0 Å². The van der Waals surface area contributed by atoms with Gasteiger partial charge in [0.15, 0.2) is 0 Å². The molecule has 0 saturated heterocycles. The zero-order valence-electron chi connectivity index (χ0n) is 12.6. The molecule has 0 fully saturated rings. The third kappa shape index (κ3) is 4.71. The number of nitrogens with zero attached hydrogens (tertiary/aromatic N) is 2. The van der Waals surface area contributed by atoms with Crippen molar-refractivity contribution in [2.45, 2.75) is 0 Å². The molecule has 3 rings (SSSR count). The van der Waals surface area contributed by atoms with Gasteiger partial charge >= 0.3 is 0 Å². The number of para-hydroxylation sites is 2. The van der Waals surface area contributed by atoms with Gasteiger partial charge in [0.2, 0.25) is 5.88 Å². The van der Waals surface area contributed by atoms with Gasteiger partial charge in [-0.25, -0.2) is 9.97 Å². The van der Waals surface area contributed by atoms with Crippen LogP contribution < -0.4 is 14.8 Å². The Bertz CT molecular complexity index is 721. The van der Waals surface area contributed by atoms with E-state index in [1.807, 2.05) is 60.7 Å². The summed E-state index contributed by atoms with van der Waals surface area (Å²) in [6.07, 6.45) is 1.47. The van der Waals surface area contributed by atoms with Gasteiger partial charge in [0.25, 0.3) is 0 Å². The molecule has 0 unspecified atom stereocenters. The molecule has 0 saturated carbocycles. The molecule has 0 bridgehead atoms. The smallest absolute Gasteiger partial charge is 0.224 e. The van der Waals surface area contributed by atoms with Crippen LogP contribution in [0.1, 0.15) is 0 Å². The zero-order valence-corrected chi connectivity index (χ0v) is 12.6. The molecule has 5 nitrogen and oxygen atoms in total. The molecule has 2 aromatic carbocycles. The lowest BCUT2D eigenvalue weighted by molar-refractivity contribution is 0.332. The molecular formula is C18H17N3O2. The molecule has 23 heavy (non-hydrogen) atoms. The van der Waals surface area contributed by atoms with Crippen molar-refractivity contribution in [3.8, 4) is 17.4 Å². The van der Waals surface area contributed by atoms with Crippen molar-refractivity contribution in [2.24, 2.45) is 0 Å². The SMILES string of the molecule is c1ccc(OCCNc2cc(Oc3ccccc3)ncn2)cc1. The first-order valence-corrected chi connectivity index (χ1v) is 7.37. The summed E-state index contributed by atoms with van der Waals surface area (Å²) >= 11 is 0. The Balaban J connectivity index is 1.49. The maximum absolute atomic E-state index is 5.67. The van der Waals surface area contributed by atoms with Gasteiger partial charge in [-0.3, -0.25) is 0 Å². The van der Waals surface area contributed by atoms with Gasteiger partial charge in [-0.05, 0) is 24.3 Å². The standard InChI is InChI=1S/C18H17N3O2/c1-3-7-15(8-4-1)22-12-11-19-17-13-18(21-14-20-17)23-16-9-5-2-6-10-16/h1-10,13-14H,11-12H2,(H,19,20,21). The maximum atomic E-state index is 5.67. The second-order valence-electron chi connectivity index (χ2n) is 4.74. The quantitative estimate of drug-likeness (QED) is 0.674. The number of benzene rings is 2. The number of rotatable bonds is 7. The lowest BCUT2D eigenvalue weighted by Gasteiger charge is -2.09. The van der Waals surface area contributed by atoms with Crippen LogP contribution in [-0.2, 0) is 0 Å². The van der Waals surface area contributed by atoms with Crippen molar-refractivity contribution in [3.63, 3.8) is 0 Å². The lowest BCUT2D eigenvalue weighted by Crippen LogP contribution is -2.12. The van der Waals surface area contributed by atoms with Gasteiger partial charge in [-0.2, -0.15) is 0 Å². The first-order valence-electron chi connectivity index (χ1n) is 7.37. The van der Waals surface area contributed by atoms with E-state index < -0.39 is 0 Å². The highest BCUT2D eigenvalue weighted by molar-refractivity contribution is 5.38. The fraction of sp³-hybridized carbons (Fsp3) is 0.111. The van der Waals surface area contributed by atoms with Crippen molar-refractivity contribution in [2.75, 3.05) is 18.5 Å². The molecule has 0 aliphatic carbocycles. The highest BCUT2D eigenvalue weighted by Crippen LogP contribution is 2.19. The van der Waals surface area contributed by atoms with E-state index in [0.29, 0.717) is 24.8 Å². The van der Waals surface area contributed by atoms with E-state index in [1.165, 1.54) is 6.33 Å². The van der Waals surface area contributed by atoms with E-state index in [2.05, 4.69) is 15.3 Å². The molecule has 0 aliphatic rings. The summed E-state index contributed by atoms with van der Waals surface area (Å²) in [5.74, 6) is 2.79. The molecule has 0 aliphatic heterocycles. The predicted octanol–water partition coefficient (Wildman–Crippen LogP) is 3.76. The monoisotopic (exact) mass is 307 g/mol. The molecule has 1 aromatic heterocycles. The first-order chi connectivity index (χ1) is 11.4. The Morgan fingerprint density at radius 1 is 0.826 bits per heavy atom. The molecule has 0 amide bonds. The summed E-state index contributed by atoms with van der Waals surface area (Å²) in [6, 6.07) is 21.0. The molecule has 5 heteroatoms. The summed E-state index contributed by atoms with van der Waals surface area (Å²) in [5, 5.41) is 3.18. The minimum atomic E-state index is 0.498. The van der Waals surface area contributed by atoms with Gasteiger partial charge in [0.1, 0.15) is 30.3 Å². The minimum absolute atomic E-state index is 0.498. The van der Waals surface area contributed by atoms with Crippen LogP contribution in [0.15, 0.2) is 73.1 Å². The average Bonchev–Trinajstić information content (AvgIpc) is 2.61. The van der Waals surface area contributed by atoms with Crippen LogP contribution in [-0.4, -0.2) is 23.1 Å². The largest absolute Gasteiger partial charge is 0.492 e. The third-order valence-electron chi connectivity index (χ3n) is 3.03. The highest BCUT2D eigenvalue weighted by Gasteiger charge is 2.01. The zero-order chi connectivity index (χ0) is 15.7. The summed E-state index contributed by atoms with van der Waals surface area (Å²) in [7, 11) is 0. The number of ether oxygens (including phenoxy) is 2. The average molecular weight is 307 g/mol. The van der Waals surface area contributed by atoms with Crippen molar-refractivity contribution < 1.29 is 9.47 Å². The fourth-order valence-corrected chi connectivity index (χ4v) is 1.97. The minimum Gasteiger partial charge on any atom is -0.492 e. The van der Waals surface area contributed by atoms with Gasteiger partial charge < -0.3 is 14.8 Å². The van der Waals surface area contributed by atoms with E-state index in [-0.39, 0.29) is 0 Å². The number of hydrogen-bond donors (Lipinski definition) is 1. The van der Waals surface area contributed by atoms with Crippen molar-refractivity contribution >= 4 is 5.82 Å². The molecule has 0 atom stereocenters. The molecule has 1 N–H and O–H groups in total. The van der Waals surface area contributed by atoms with Crippen molar-refractivity contribution in [1.82, 2.24) is 9.97 Å². The molecule has 0 spiro atoms. The van der Waals surface area contributed by atoms with Crippen molar-refractivity contribution in [3.05, 3.63) is 73.1 Å². The highest BCUT2D eigenvalue weighted by atomic mass is 16.5. The summed E-state index contributed by atoms with van der Waals surface area (Å²) < 4.78 is 11.3. The predicted molar refractivity (Wildman–Crippen MR) is 89.0 cm³/mol. The van der Waals surface area contributed by atoms with E-state index >= 15 is 0 Å². The number of aromatic nitrogens is 2. The Morgan fingerprint density at radius 2 is 1.52 bits per heavy atom. The second kappa shape index (κ2) is 7.79. The van der Waals surface area contributed by atoms with Gasteiger partial charge in [-0.15, -0.1) is 0 Å². The fourth-order valence-electron chi connectivity index (χ4n) is 1.97. The molecule has 1 heterocycles. The Labute approximate surface area is 134 Å². The van der Waals surface area contributed by atoms with Crippen LogP contribution in [0, 0.1) is 0 Å². The topological polar surface area (TPSA) is 56.3 Å². The molecule has 3 aromatic rings. The van der Waals surface area contributed by atoms with Crippen LogP contribution in [0.3, 0.4) is 0 Å². The maximum Gasteiger partial charge on any atom is 0.224 e. The molecular weight excluding hydrogens is 290 g/mol. The van der Waals surface area contributed by atoms with E-state index in [9.17, 15) is 0 Å². The molecule has 116 valence electrons. The van der Waals surface area contributed by atoms with Gasteiger partial charge in [0.05, 0.1) is 6.54 Å². The van der Waals surface area contributed by atoms with Crippen LogP contribution >= 0.6 is 0 Å². The van der Waals surface area contributed by atoms with Crippen LogP contribution in [0.5, 0.6) is 17.4 Å². The first kappa shape index (κ1) is 14.8. The Hall–Kier alpha value is -3.08. The van der Waals surface area contributed by atoms with E-state index in [4.69, 9.17) is 9.47 Å². The summed E-state index contributed by atoms with van der Waals surface area (Å²) in [4.78, 5) is 8.27. The van der Waals surface area contributed by atoms with Gasteiger partial charge in [-0.1, -0.05) is 36.4 Å². The molecule has 0 radical (unpaired) electrons. The summed E-state index contributed by atoms with van der Waals surface area (Å²) in [5.41, 5.74) is 0. The van der Waals surface area contributed by atoms with Crippen molar-refractivity contribution in [1.29, 1.82) is 0 Å². The van der Waals surface area contributed by atoms with E-state index in [0.717, 1.165) is 11.5 Å². The third-order valence-corrected chi connectivity index (χ3v) is 3.03. The van der Waals surface area contributed by atoms with Crippen LogP contribution in [0.25, 0.3) is 0 Å². The lowest BCUT2D eigenvalue weighted by atomic mass is 10.3. The number of anilines is 1. The number of nitrogens with one attached hydrogen (secondary N) is 1. The second-order valence-corrected chi connectivity index (χ2v) is 4.74. The van der Waals surface area contributed by atoms with Crippen LogP contribution in [0.4, 0.5) is 5.82 Å². The Kier molecular flexibility index (Phi) is 5.03. The van der Waals surface area contributed by atoms with Gasteiger partial charge in [0, 0.05) is 6.07 Å². The normalized spacial score (nSPS) is 10.1. The van der Waals surface area contributed by atoms with E-state index in [1.54, 1.807) is 6.07 Å². The summed E-state index contributed by atoms with van der Waals surface area (Å²) in [6.45, 7) is 1.18. The Morgan fingerprint density at radius 3 is 2.26 bits per heavy atom.